The minimum absolute atomic E-state index is 0.0117. The Labute approximate surface area is 201 Å². The summed E-state index contributed by atoms with van der Waals surface area (Å²) < 4.78 is 21.3. The molecule has 0 saturated carbocycles. The second-order valence-corrected chi connectivity index (χ2v) is 8.81. The number of benzene rings is 1. The van der Waals surface area contributed by atoms with Gasteiger partial charge in [-0.3, -0.25) is 9.59 Å². The number of fused-ring (bicyclic) bond motifs is 2. The van der Waals surface area contributed by atoms with Gasteiger partial charge in [-0.05, 0) is 56.3 Å². The molecule has 0 atom stereocenters. The fourth-order valence-electron chi connectivity index (χ4n) is 4.60. The molecular weight excluding hydrogens is 451 g/mol. The quantitative estimate of drug-likeness (QED) is 0.560. The molecular formula is C25H25FN6O3. The van der Waals surface area contributed by atoms with E-state index in [1.165, 1.54) is 18.2 Å². The number of hydrogen-bond donors (Lipinski definition) is 2. The number of carbonyl (C=O) groups is 1. The fraction of sp³-hybridized carbons (Fsp3) is 0.360. The number of amides is 1. The highest BCUT2D eigenvalue weighted by molar-refractivity contribution is 5.94. The Morgan fingerprint density at radius 2 is 2.00 bits per heavy atom. The van der Waals surface area contributed by atoms with Crippen LogP contribution in [-0.4, -0.2) is 52.6 Å². The summed E-state index contributed by atoms with van der Waals surface area (Å²) in [6, 6.07) is 11.6. The Bertz CT molecular complexity index is 1370. The van der Waals surface area contributed by atoms with Gasteiger partial charge in [0, 0.05) is 37.1 Å². The van der Waals surface area contributed by atoms with Crippen LogP contribution in [0, 0.1) is 17.1 Å². The van der Waals surface area contributed by atoms with E-state index in [4.69, 9.17) is 4.74 Å². The molecule has 2 aromatic heterocycles. The predicted octanol–water partition coefficient (Wildman–Crippen LogP) is 1.99. The monoisotopic (exact) mass is 476 g/mol. The maximum absolute atomic E-state index is 14.4. The summed E-state index contributed by atoms with van der Waals surface area (Å²) in [5.74, 6) is 0.339. The number of likely N-dealkylation sites (tertiary alicyclic amines) is 1. The molecule has 0 radical (unpaired) electrons. The molecule has 10 heteroatoms. The summed E-state index contributed by atoms with van der Waals surface area (Å²) in [7, 11) is 0. The Morgan fingerprint density at radius 3 is 2.80 bits per heavy atom. The highest BCUT2D eigenvalue weighted by Gasteiger charge is 2.21. The van der Waals surface area contributed by atoms with Gasteiger partial charge in [-0.2, -0.15) is 5.26 Å². The number of halogens is 1. The smallest absolute Gasteiger partial charge is 0.263 e. The van der Waals surface area contributed by atoms with Gasteiger partial charge in [0.2, 0.25) is 0 Å². The van der Waals surface area contributed by atoms with Crippen molar-refractivity contribution in [3.05, 3.63) is 63.8 Å². The number of nitriles is 1. The molecule has 2 aliphatic rings. The average molecular weight is 477 g/mol. The molecule has 35 heavy (non-hydrogen) atoms. The third kappa shape index (κ3) is 5.01. The van der Waals surface area contributed by atoms with Gasteiger partial charge >= 0.3 is 0 Å². The molecule has 9 nitrogen and oxygen atoms in total. The number of carbonyl (C=O) groups excluding carboxylic acids is 1. The number of rotatable bonds is 6. The molecule has 4 heterocycles. The highest BCUT2D eigenvalue weighted by atomic mass is 19.1. The van der Waals surface area contributed by atoms with E-state index in [1.54, 1.807) is 10.6 Å². The molecule has 180 valence electrons. The Morgan fingerprint density at radius 1 is 1.17 bits per heavy atom. The maximum atomic E-state index is 14.4. The lowest BCUT2D eigenvalue weighted by atomic mass is 10.0. The van der Waals surface area contributed by atoms with Crippen molar-refractivity contribution in [3.63, 3.8) is 0 Å². The summed E-state index contributed by atoms with van der Waals surface area (Å²) >= 11 is 0. The van der Waals surface area contributed by atoms with Crippen molar-refractivity contribution in [1.82, 2.24) is 19.8 Å². The van der Waals surface area contributed by atoms with E-state index in [1.807, 2.05) is 18.2 Å². The Balaban J connectivity index is 1.15. The van der Waals surface area contributed by atoms with Crippen molar-refractivity contribution in [1.29, 1.82) is 5.26 Å². The first-order valence-corrected chi connectivity index (χ1v) is 11.6. The number of hydrogen-bond acceptors (Lipinski definition) is 7. The number of nitrogens with zero attached hydrogens (tertiary/aromatic N) is 4. The molecule has 5 rings (SSSR count). The normalized spacial score (nSPS) is 16.4. The van der Waals surface area contributed by atoms with Crippen LogP contribution in [0.15, 0.2) is 41.2 Å². The van der Waals surface area contributed by atoms with E-state index < -0.39 is 5.82 Å². The number of anilines is 1. The molecule has 1 fully saturated rings. The molecule has 1 saturated heterocycles. The van der Waals surface area contributed by atoms with Crippen molar-refractivity contribution in [2.24, 2.45) is 0 Å². The molecule has 3 aromatic rings. The van der Waals surface area contributed by atoms with Crippen LogP contribution in [0.3, 0.4) is 0 Å². The largest absolute Gasteiger partial charge is 0.480 e. The topological polar surface area (TPSA) is 112 Å². The van der Waals surface area contributed by atoms with Gasteiger partial charge in [-0.1, -0.05) is 0 Å². The third-order valence-corrected chi connectivity index (χ3v) is 6.52. The molecule has 2 aliphatic heterocycles. The van der Waals surface area contributed by atoms with Crippen LogP contribution in [-0.2, 0) is 17.9 Å². The summed E-state index contributed by atoms with van der Waals surface area (Å²) in [6.45, 7) is 3.43. The Kier molecular flexibility index (Phi) is 6.44. The van der Waals surface area contributed by atoms with Crippen molar-refractivity contribution in [2.45, 2.75) is 32.0 Å². The van der Waals surface area contributed by atoms with E-state index in [0.717, 1.165) is 31.6 Å². The van der Waals surface area contributed by atoms with E-state index in [2.05, 4.69) is 20.5 Å². The number of aromatic nitrogens is 2. The van der Waals surface area contributed by atoms with Crippen molar-refractivity contribution in [2.75, 3.05) is 31.6 Å². The fourth-order valence-corrected chi connectivity index (χ4v) is 4.60. The molecule has 0 aliphatic carbocycles. The summed E-state index contributed by atoms with van der Waals surface area (Å²) in [5.41, 5.74) is 1.27. The molecule has 0 bridgehead atoms. The second kappa shape index (κ2) is 9.82. The summed E-state index contributed by atoms with van der Waals surface area (Å²) in [6.07, 6.45) is 1.89. The lowest BCUT2D eigenvalue weighted by molar-refractivity contribution is -0.118. The van der Waals surface area contributed by atoms with Gasteiger partial charge in [0.25, 0.3) is 11.5 Å². The van der Waals surface area contributed by atoms with E-state index in [9.17, 15) is 19.2 Å². The van der Waals surface area contributed by atoms with Gasteiger partial charge in [-0.15, -0.1) is 0 Å². The van der Waals surface area contributed by atoms with Crippen LogP contribution in [0.2, 0.25) is 0 Å². The number of nitrogens with one attached hydrogen (secondary N) is 2. The Hall–Kier alpha value is -3.81. The van der Waals surface area contributed by atoms with Crippen molar-refractivity contribution in [3.8, 4) is 11.8 Å². The van der Waals surface area contributed by atoms with Gasteiger partial charge in [0.05, 0.1) is 22.8 Å². The zero-order chi connectivity index (χ0) is 24.4. The lowest BCUT2D eigenvalue weighted by Gasteiger charge is -2.32. The average Bonchev–Trinajstić information content (AvgIpc) is 2.87. The van der Waals surface area contributed by atoms with Crippen LogP contribution < -0.4 is 20.9 Å². The van der Waals surface area contributed by atoms with Gasteiger partial charge < -0.3 is 24.8 Å². The lowest BCUT2D eigenvalue weighted by Crippen LogP contribution is -2.43. The predicted molar refractivity (Wildman–Crippen MR) is 128 cm³/mol. The van der Waals surface area contributed by atoms with Crippen molar-refractivity contribution >= 4 is 22.6 Å². The van der Waals surface area contributed by atoms with Crippen LogP contribution in [0.25, 0.3) is 10.9 Å². The number of piperidine rings is 1. The van der Waals surface area contributed by atoms with Crippen LogP contribution in [0.4, 0.5) is 10.2 Å². The first kappa shape index (κ1) is 23.0. The third-order valence-electron chi connectivity index (χ3n) is 6.52. The first-order chi connectivity index (χ1) is 17.0. The first-order valence-electron chi connectivity index (χ1n) is 11.6. The van der Waals surface area contributed by atoms with Gasteiger partial charge in [-0.25, -0.2) is 9.37 Å². The van der Waals surface area contributed by atoms with E-state index in [0.29, 0.717) is 48.1 Å². The van der Waals surface area contributed by atoms with Gasteiger partial charge in [0.15, 0.2) is 18.2 Å². The van der Waals surface area contributed by atoms with E-state index in [-0.39, 0.29) is 23.6 Å². The zero-order valence-electron chi connectivity index (χ0n) is 19.1. The number of ether oxygens (including phenoxy) is 1. The van der Waals surface area contributed by atoms with E-state index >= 15 is 0 Å². The molecule has 1 amide bonds. The zero-order valence-corrected chi connectivity index (χ0v) is 19.1. The molecule has 0 unspecified atom stereocenters. The highest BCUT2D eigenvalue weighted by Crippen LogP contribution is 2.25. The minimum Gasteiger partial charge on any atom is -0.480 e. The SMILES string of the molecule is N#Cc1cc(F)c2ccc(=O)n(CCN3CCC(NCc4ccc5c(n4)NC(=O)CO5)CC3)c2c1. The molecule has 2 N–H and O–H groups in total. The second-order valence-electron chi connectivity index (χ2n) is 8.81. The summed E-state index contributed by atoms with van der Waals surface area (Å²) in [5, 5.41) is 15.8. The molecule has 0 spiro atoms. The summed E-state index contributed by atoms with van der Waals surface area (Å²) in [4.78, 5) is 30.7. The van der Waals surface area contributed by atoms with Crippen molar-refractivity contribution < 1.29 is 13.9 Å². The standard InChI is InChI=1S/C25H25FN6O3/c26-20-11-16(13-27)12-21-19(20)2-4-24(34)32(21)10-9-31-7-5-17(6-8-31)28-14-18-1-3-22-25(29-18)30-23(33)15-35-22/h1-4,11-12,17,28H,5-10,14-15H2,(H,29,30,33). The molecule has 1 aromatic carbocycles. The number of pyridine rings is 2. The van der Waals surface area contributed by atoms with Gasteiger partial charge in [0.1, 0.15) is 5.82 Å². The van der Waals surface area contributed by atoms with Crippen LogP contribution in [0.5, 0.6) is 5.75 Å². The maximum Gasteiger partial charge on any atom is 0.263 e. The van der Waals surface area contributed by atoms with Crippen LogP contribution >= 0.6 is 0 Å². The van der Waals surface area contributed by atoms with Crippen LogP contribution in [0.1, 0.15) is 24.1 Å². The minimum atomic E-state index is -0.497.